The predicted octanol–water partition coefficient (Wildman–Crippen LogP) is 3.66. The molecule has 0 aliphatic heterocycles. The summed E-state index contributed by atoms with van der Waals surface area (Å²) in [6, 6.07) is 4.30. The normalized spacial score (nSPS) is 19.0. The smallest absolute Gasteiger partial charge is 0.136 e. The molecule has 0 amide bonds. The lowest BCUT2D eigenvalue weighted by atomic mass is 9.85. The molecule has 0 spiro atoms. The number of benzene rings is 1. The van der Waals surface area contributed by atoms with E-state index in [2.05, 4.69) is 15.9 Å². The fraction of sp³-hybridized carbons (Fsp3) is 0.538. The van der Waals surface area contributed by atoms with Gasteiger partial charge in [-0.2, -0.15) is 0 Å². The van der Waals surface area contributed by atoms with E-state index in [1.54, 1.807) is 6.07 Å². The molecule has 0 radical (unpaired) electrons. The molecule has 1 aromatic rings. The molecular formula is C13H16BrFO2. The Morgan fingerprint density at radius 2 is 2.00 bits per heavy atom. The third-order valence-electron chi connectivity index (χ3n) is 3.17. The molecule has 1 fully saturated rings. The first-order valence-corrected chi connectivity index (χ1v) is 6.69. The van der Waals surface area contributed by atoms with Crippen LogP contribution in [0.5, 0.6) is 5.75 Å². The summed E-state index contributed by atoms with van der Waals surface area (Å²) in [4.78, 5) is 0. The maximum absolute atomic E-state index is 13.0. The molecule has 1 aromatic carbocycles. The number of aliphatic hydroxyl groups is 1. The molecule has 94 valence electrons. The monoisotopic (exact) mass is 302 g/mol. The van der Waals surface area contributed by atoms with Crippen LogP contribution in [-0.4, -0.2) is 17.3 Å². The molecule has 1 N–H and O–H groups in total. The molecule has 2 rings (SSSR count). The molecule has 0 unspecified atom stereocenters. The third kappa shape index (κ3) is 3.42. The van der Waals surface area contributed by atoms with Crippen LogP contribution in [0.4, 0.5) is 4.39 Å². The molecule has 0 saturated heterocycles. The summed E-state index contributed by atoms with van der Waals surface area (Å²) in [6.07, 6.45) is 4.76. The van der Waals surface area contributed by atoms with Crippen molar-refractivity contribution >= 4 is 15.9 Å². The topological polar surface area (TPSA) is 29.5 Å². The predicted molar refractivity (Wildman–Crippen MR) is 67.6 cm³/mol. The summed E-state index contributed by atoms with van der Waals surface area (Å²) in [7, 11) is 0. The maximum Gasteiger partial charge on any atom is 0.136 e. The van der Waals surface area contributed by atoms with Crippen molar-refractivity contribution in [3.05, 3.63) is 28.5 Å². The van der Waals surface area contributed by atoms with Gasteiger partial charge in [0.2, 0.25) is 0 Å². The quantitative estimate of drug-likeness (QED) is 0.923. The minimum Gasteiger partial charge on any atom is -0.489 e. The van der Waals surface area contributed by atoms with E-state index in [4.69, 9.17) is 4.74 Å². The van der Waals surface area contributed by atoms with Gasteiger partial charge in [-0.05, 0) is 40.9 Å². The Kier molecular flexibility index (Phi) is 4.05. The van der Waals surface area contributed by atoms with E-state index < -0.39 is 5.60 Å². The van der Waals surface area contributed by atoms with Crippen molar-refractivity contribution < 1.29 is 14.2 Å². The van der Waals surface area contributed by atoms with Gasteiger partial charge in [0.05, 0.1) is 10.1 Å². The number of ether oxygens (including phenoxy) is 1. The second kappa shape index (κ2) is 5.36. The molecular weight excluding hydrogens is 287 g/mol. The van der Waals surface area contributed by atoms with Crippen LogP contribution in [0.1, 0.15) is 32.1 Å². The summed E-state index contributed by atoms with van der Waals surface area (Å²) in [5, 5.41) is 10.3. The number of rotatable bonds is 3. The molecule has 4 heteroatoms. The number of hydrogen-bond acceptors (Lipinski definition) is 2. The minimum atomic E-state index is -0.746. The van der Waals surface area contributed by atoms with Crippen molar-refractivity contribution in [2.45, 2.75) is 37.7 Å². The van der Waals surface area contributed by atoms with Crippen molar-refractivity contribution in [2.24, 2.45) is 0 Å². The summed E-state index contributed by atoms with van der Waals surface area (Å²) in [6.45, 7) is 0.231. The molecule has 1 saturated carbocycles. The van der Waals surface area contributed by atoms with Gasteiger partial charge in [-0.1, -0.05) is 19.3 Å². The van der Waals surface area contributed by atoms with Crippen molar-refractivity contribution in [3.8, 4) is 5.75 Å². The second-order valence-corrected chi connectivity index (χ2v) is 5.50. The van der Waals surface area contributed by atoms with E-state index in [9.17, 15) is 9.50 Å². The van der Waals surface area contributed by atoms with Crippen LogP contribution in [0.2, 0.25) is 0 Å². The minimum absolute atomic E-state index is 0.231. The first-order valence-electron chi connectivity index (χ1n) is 5.89. The van der Waals surface area contributed by atoms with Crippen molar-refractivity contribution in [1.29, 1.82) is 0 Å². The Bertz CT molecular complexity index is 389. The van der Waals surface area contributed by atoms with Crippen LogP contribution >= 0.6 is 15.9 Å². The van der Waals surface area contributed by atoms with Crippen LogP contribution < -0.4 is 4.74 Å². The first kappa shape index (κ1) is 12.8. The molecule has 1 aliphatic carbocycles. The summed E-state index contributed by atoms with van der Waals surface area (Å²) < 4.78 is 19.3. The van der Waals surface area contributed by atoms with Gasteiger partial charge in [0, 0.05) is 6.07 Å². The van der Waals surface area contributed by atoms with Gasteiger partial charge in [0.1, 0.15) is 18.2 Å². The molecule has 17 heavy (non-hydrogen) atoms. The Balaban J connectivity index is 1.99. The maximum atomic E-state index is 13.0. The second-order valence-electron chi connectivity index (χ2n) is 4.65. The van der Waals surface area contributed by atoms with Crippen LogP contribution in [0, 0.1) is 5.82 Å². The van der Waals surface area contributed by atoms with Crippen molar-refractivity contribution in [3.63, 3.8) is 0 Å². The summed E-state index contributed by atoms with van der Waals surface area (Å²) in [5.41, 5.74) is -0.746. The zero-order chi connectivity index (χ0) is 12.3. The van der Waals surface area contributed by atoms with Crippen LogP contribution in [0.3, 0.4) is 0 Å². The van der Waals surface area contributed by atoms with Gasteiger partial charge in [-0.25, -0.2) is 4.39 Å². The average Bonchev–Trinajstić information content (AvgIpc) is 2.31. The highest BCUT2D eigenvalue weighted by Gasteiger charge is 2.30. The highest BCUT2D eigenvalue weighted by molar-refractivity contribution is 9.10. The molecule has 1 aliphatic rings. The lowest BCUT2D eigenvalue weighted by molar-refractivity contribution is -0.0341. The van der Waals surface area contributed by atoms with Gasteiger partial charge in [-0.3, -0.25) is 0 Å². The van der Waals surface area contributed by atoms with Gasteiger partial charge in [0.25, 0.3) is 0 Å². The van der Waals surface area contributed by atoms with E-state index in [1.165, 1.54) is 18.6 Å². The Morgan fingerprint density at radius 1 is 1.29 bits per heavy atom. The van der Waals surface area contributed by atoms with Gasteiger partial charge < -0.3 is 9.84 Å². The van der Waals surface area contributed by atoms with Crippen LogP contribution in [0.25, 0.3) is 0 Å². The molecule has 0 bridgehead atoms. The van der Waals surface area contributed by atoms with E-state index in [1.807, 2.05) is 0 Å². The largest absolute Gasteiger partial charge is 0.489 e. The number of halogens is 2. The zero-order valence-electron chi connectivity index (χ0n) is 9.59. The molecule has 0 aromatic heterocycles. The fourth-order valence-corrected chi connectivity index (χ4v) is 2.52. The zero-order valence-corrected chi connectivity index (χ0v) is 11.2. The SMILES string of the molecule is OC1(COc2cc(F)ccc2Br)CCCCC1. The lowest BCUT2D eigenvalue weighted by Crippen LogP contribution is -2.37. The van der Waals surface area contributed by atoms with Crippen molar-refractivity contribution in [2.75, 3.05) is 6.61 Å². The fourth-order valence-electron chi connectivity index (χ4n) is 2.15. The van der Waals surface area contributed by atoms with E-state index in [0.29, 0.717) is 10.2 Å². The van der Waals surface area contributed by atoms with E-state index in [-0.39, 0.29) is 12.4 Å². The first-order chi connectivity index (χ1) is 8.09. The van der Waals surface area contributed by atoms with Crippen LogP contribution in [0.15, 0.2) is 22.7 Å². The highest BCUT2D eigenvalue weighted by atomic mass is 79.9. The van der Waals surface area contributed by atoms with Gasteiger partial charge in [-0.15, -0.1) is 0 Å². The summed E-state index contributed by atoms with van der Waals surface area (Å²) in [5.74, 6) is 0.114. The molecule has 0 atom stereocenters. The third-order valence-corrected chi connectivity index (χ3v) is 3.83. The van der Waals surface area contributed by atoms with Crippen LogP contribution in [-0.2, 0) is 0 Å². The lowest BCUT2D eigenvalue weighted by Gasteiger charge is -2.31. The molecule has 2 nitrogen and oxygen atoms in total. The Hall–Kier alpha value is -0.610. The summed E-state index contributed by atoms with van der Waals surface area (Å²) >= 11 is 3.30. The Labute approximate surface area is 109 Å². The van der Waals surface area contributed by atoms with Gasteiger partial charge in [0.15, 0.2) is 0 Å². The van der Waals surface area contributed by atoms with E-state index >= 15 is 0 Å². The average molecular weight is 303 g/mol. The molecule has 0 heterocycles. The Morgan fingerprint density at radius 3 is 2.71 bits per heavy atom. The van der Waals surface area contributed by atoms with E-state index in [0.717, 1.165) is 25.7 Å². The standard InChI is InChI=1S/C13H16BrFO2/c14-11-5-4-10(15)8-12(11)17-9-13(16)6-2-1-3-7-13/h4-5,8,16H,1-3,6-7,9H2. The van der Waals surface area contributed by atoms with Gasteiger partial charge >= 0.3 is 0 Å². The highest BCUT2D eigenvalue weighted by Crippen LogP contribution is 2.31. The number of hydrogen-bond donors (Lipinski definition) is 1. The van der Waals surface area contributed by atoms with Crippen molar-refractivity contribution in [1.82, 2.24) is 0 Å².